The van der Waals surface area contributed by atoms with E-state index in [1.165, 1.54) is 6.26 Å². The lowest BCUT2D eigenvalue weighted by Gasteiger charge is -2.07. The maximum absolute atomic E-state index is 11.7. The number of carbonyl (C=O) groups is 3. The fourth-order valence-corrected chi connectivity index (χ4v) is 2.04. The summed E-state index contributed by atoms with van der Waals surface area (Å²) in [5.74, 6) is -0.699. The molecule has 2 rings (SSSR count). The van der Waals surface area contributed by atoms with Crippen LogP contribution in [0.1, 0.15) is 24.2 Å². The molecule has 132 valence electrons. The van der Waals surface area contributed by atoms with Gasteiger partial charge in [0.25, 0.3) is 5.91 Å². The van der Waals surface area contributed by atoms with Crippen LogP contribution >= 0.6 is 0 Å². The summed E-state index contributed by atoms with van der Waals surface area (Å²) in [5, 5.41) is 5.26. The van der Waals surface area contributed by atoms with Crippen LogP contribution in [0.5, 0.6) is 0 Å². The molecule has 2 aromatic rings. The predicted molar refractivity (Wildman–Crippen MR) is 90.6 cm³/mol. The minimum atomic E-state index is -0.604. The molecule has 0 aliphatic rings. The Balaban J connectivity index is 1.61. The molecule has 0 aliphatic heterocycles. The summed E-state index contributed by atoms with van der Waals surface area (Å²) in [5.41, 5.74) is 1.65. The Kier molecular flexibility index (Phi) is 6.76. The van der Waals surface area contributed by atoms with E-state index < -0.39 is 11.9 Å². The molecule has 2 N–H and O–H groups in total. The maximum atomic E-state index is 11.7. The average molecular weight is 344 g/mol. The average Bonchev–Trinajstić information content (AvgIpc) is 3.10. The van der Waals surface area contributed by atoms with Gasteiger partial charge in [0.05, 0.1) is 19.2 Å². The van der Waals surface area contributed by atoms with Gasteiger partial charge in [-0.1, -0.05) is 12.1 Å². The first kappa shape index (κ1) is 18.3. The zero-order chi connectivity index (χ0) is 18.1. The number of furan rings is 1. The Morgan fingerprint density at radius 1 is 1.08 bits per heavy atom. The third kappa shape index (κ3) is 6.90. The molecular weight excluding hydrogens is 324 g/mol. The highest BCUT2D eigenvalue weighted by Crippen LogP contribution is 2.09. The zero-order valence-electron chi connectivity index (χ0n) is 13.9. The summed E-state index contributed by atoms with van der Waals surface area (Å²) >= 11 is 0. The second-order valence-electron chi connectivity index (χ2n) is 5.43. The third-order valence-electron chi connectivity index (χ3n) is 3.26. The highest BCUT2D eigenvalue weighted by Gasteiger charge is 2.11. The number of carbonyl (C=O) groups excluding carboxylic acids is 3. The van der Waals surface area contributed by atoms with Crippen molar-refractivity contribution in [1.82, 2.24) is 5.32 Å². The summed E-state index contributed by atoms with van der Waals surface area (Å²) in [4.78, 5) is 34.9. The molecule has 0 atom stereocenters. The van der Waals surface area contributed by atoms with Crippen LogP contribution in [0.2, 0.25) is 0 Å². The standard InChI is InChI=1S/C18H20N2O5/c1-13-4-2-5-14(10-13)20-17(22)12-25-18(23)8-7-16(21)19-11-15-6-3-9-24-15/h2-6,9-10H,7-8,11-12H2,1H3,(H,19,21)(H,20,22). The van der Waals surface area contributed by atoms with Crippen LogP contribution in [0, 0.1) is 6.92 Å². The van der Waals surface area contributed by atoms with Crippen molar-refractivity contribution < 1.29 is 23.5 Å². The molecule has 0 radical (unpaired) electrons. The lowest BCUT2D eigenvalue weighted by molar-refractivity contribution is -0.148. The minimum absolute atomic E-state index is 0.0148. The molecule has 25 heavy (non-hydrogen) atoms. The van der Waals surface area contributed by atoms with E-state index in [1.54, 1.807) is 18.2 Å². The van der Waals surface area contributed by atoms with Gasteiger partial charge in [-0.05, 0) is 36.8 Å². The first-order chi connectivity index (χ1) is 12.0. The van der Waals surface area contributed by atoms with E-state index in [9.17, 15) is 14.4 Å². The first-order valence-electron chi connectivity index (χ1n) is 7.84. The summed E-state index contributed by atoms with van der Waals surface area (Å²) < 4.78 is 9.94. The SMILES string of the molecule is Cc1cccc(NC(=O)COC(=O)CCC(=O)NCc2ccco2)c1. The number of amides is 2. The number of anilines is 1. The molecule has 0 bridgehead atoms. The highest BCUT2D eigenvalue weighted by atomic mass is 16.5. The van der Waals surface area contributed by atoms with E-state index in [-0.39, 0.29) is 31.9 Å². The molecule has 0 aliphatic carbocycles. The molecule has 0 saturated heterocycles. The number of nitrogens with one attached hydrogen (secondary N) is 2. The van der Waals surface area contributed by atoms with Gasteiger partial charge in [-0.25, -0.2) is 0 Å². The number of hydrogen-bond donors (Lipinski definition) is 2. The Morgan fingerprint density at radius 2 is 1.92 bits per heavy atom. The van der Waals surface area contributed by atoms with E-state index in [0.717, 1.165) is 5.56 Å². The quantitative estimate of drug-likeness (QED) is 0.715. The summed E-state index contributed by atoms with van der Waals surface area (Å²) in [7, 11) is 0. The van der Waals surface area contributed by atoms with Crippen LogP contribution in [-0.2, 0) is 25.7 Å². The third-order valence-corrected chi connectivity index (χ3v) is 3.26. The van der Waals surface area contributed by atoms with Crippen molar-refractivity contribution in [3.05, 3.63) is 54.0 Å². The Hall–Kier alpha value is -3.09. The van der Waals surface area contributed by atoms with Crippen molar-refractivity contribution in [2.45, 2.75) is 26.3 Å². The van der Waals surface area contributed by atoms with Gasteiger partial charge in [0.15, 0.2) is 6.61 Å². The van der Waals surface area contributed by atoms with E-state index in [4.69, 9.17) is 9.15 Å². The summed E-state index contributed by atoms with van der Waals surface area (Å²) in [6.07, 6.45) is 1.40. The van der Waals surface area contributed by atoms with Crippen LogP contribution in [0.15, 0.2) is 47.1 Å². The molecule has 2 amide bonds. The van der Waals surface area contributed by atoms with Gasteiger partial charge >= 0.3 is 5.97 Å². The van der Waals surface area contributed by atoms with Gasteiger partial charge in [-0.2, -0.15) is 0 Å². The van der Waals surface area contributed by atoms with E-state index in [1.807, 2.05) is 25.1 Å². The second kappa shape index (κ2) is 9.27. The topological polar surface area (TPSA) is 97.6 Å². The van der Waals surface area contributed by atoms with Crippen molar-refractivity contribution in [2.24, 2.45) is 0 Å². The predicted octanol–water partition coefficient (Wildman–Crippen LogP) is 2.17. The molecule has 7 heteroatoms. The minimum Gasteiger partial charge on any atom is -0.467 e. The Bertz CT molecular complexity index is 725. The van der Waals surface area contributed by atoms with Crippen LogP contribution in [-0.4, -0.2) is 24.4 Å². The fourth-order valence-electron chi connectivity index (χ4n) is 2.04. The fraction of sp³-hybridized carbons (Fsp3) is 0.278. The van der Waals surface area contributed by atoms with Gasteiger partial charge in [-0.3, -0.25) is 14.4 Å². The molecule has 1 aromatic carbocycles. The van der Waals surface area contributed by atoms with Crippen molar-refractivity contribution >= 4 is 23.5 Å². The van der Waals surface area contributed by atoms with Gasteiger partial charge < -0.3 is 19.8 Å². The zero-order valence-corrected chi connectivity index (χ0v) is 13.9. The lowest BCUT2D eigenvalue weighted by Crippen LogP contribution is -2.24. The normalized spacial score (nSPS) is 10.1. The smallest absolute Gasteiger partial charge is 0.306 e. The van der Waals surface area contributed by atoms with E-state index in [2.05, 4.69) is 10.6 Å². The second-order valence-corrected chi connectivity index (χ2v) is 5.43. The van der Waals surface area contributed by atoms with Crippen molar-refractivity contribution in [3.8, 4) is 0 Å². The molecule has 0 unspecified atom stereocenters. The molecule has 0 spiro atoms. The number of aryl methyl sites for hydroxylation is 1. The van der Waals surface area contributed by atoms with E-state index >= 15 is 0 Å². The largest absolute Gasteiger partial charge is 0.467 e. The number of rotatable bonds is 8. The van der Waals surface area contributed by atoms with Crippen molar-refractivity contribution in [1.29, 1.82) is 0 Å². The first-order valence-corrected chi connectivity index (χ1v) is 7.84. The van der Waals surface area contributed by atoms with Crippen LogP contribution in [0.25, 0.3) is 0 Å². The Labute approximate surface area is 145 Å². The van der Waals surface area contributed by atoms with Crippen LogP contribution < -0.4 is 10.6 Å². The number of esters is 1. The van der Waals surface area contributed by atoms with Gasteiger partial charge in [0.1, 0.15) is 5.76 Å². The molecule has 7 nitrogen and oxygen atoms in total. The van der Waals surface area contributed by atoms with E-state index in [0.29, 0.717) is 11.4 Å². The van der Waals surface area contributed by atoms with Crippen molar-refractivity contribution in [3.63, 3.8) is 0 Å². The number of ether oxygens (including phenoxy) is 1. The highest BCUT2D eigenvalue weighted by molar-refractivity contribution is 5.93. The lowest BCUT2D eigenvalue weighted by atomic mass is 10.2. The van der Waals surface area contributed by atoms with Gasteiger partial charge in [0.2, 0.25) is 5.91 Å². The maximum Gasteiger partial charge on any atom is 0.306 e. The molecule has 1 aromatic heterocycles. The summed E-state index contributed by atoms with van der Waals surface area (Å²) in [6.45, 7) is 1.78. The number of benzene rings is 1. The monoisotopic (exact) mass is 344 g/mol. The number of hydrogen-bond acceptors (Lipinski definition) is 5. The molecule has 0 fully saturated rings. The summed E-state index contributed by atoms with van der Waals surface area (Å²) in [6, 6.07) is 10.7. The Morgan fingerprint density at radius 3 is 2.64 bits per heavy atom. The van der Waals surface area contributed by atoms with Gasteiger partial charge in [-0.15, -0.1) is 0 Å². The molecule has 1 heterocycles. The molecule has 0 saturated carbocycles. The molecular formula is C18H20N2O5. The van der Waals surface area contributed by atoms with Gasteiger partial charge in [0, 0.05) is 12.1 Å². The van der Waals surface area contributed by atoms with Crippen LogP contribution in [0.3, 0.4) is 0 Å². The van der Waals surface area contributed by atoms with Crippen LogP contribution in [0.4, 0.5) is 5.69 Å². The van der Waals surface area contributed by atoms with Crippen molar-refractivity contribution in [2.75, 3.05) is 11.9 Å².